The van der Waals surface area contributed by atoms with Gasteiger partial charge in [-0.25, -0.2) is 0 Å². The van der Waals surface area contributed by atoms with E-state index in [0.29, 0.717) is 6.04 Å². The lowest BCUT2D eigenvalue weighted by Crippen LogP contribution is -2.49. The van der Waals surface area contributed by atoms with Crippen LogP contribution in [0.2, 0.25) is 0 Å². The Morgan fingerprint density at radius 2 is 2.05 bits per heavy atom. The maximum atomic E-state index is 9.24. The normalized spacial score (nSPS) is 20.2. The van der Waals surface area contributed by atoms with Crippen LogP contribution < -0.4 is 5.32 Å². The molecule has 0 aromatic heterocycles. The van der Waals surface area contributed by atoms with Crippen molar-refractivity contribution in [1.29, 1.82) is 5.26 Å². The highest BCUT2D eigenvalue weighted by Gasteiger charge is 2.24. The summed E-state index contributed by atoms with van der Waals surface area (Å²) in [5.74, 6) is 0. The fourth-order valence-corrected chi connectivity index (χ4v) is 2.91. The molecule has 0 radical (unpaired) electrons. The molecule has 1 atom stereocenters. The Labute approximate surface area is 129 Å². The van der Waals surface area contributed by atoms with E-state index < -0.39 is 0 Å². The Hall–Kier alpha value is -1.37. The number of benzene rings is 1. The molecule has 0 bridgehead atoms. The minimum absolute atomic E-state index is 0.160. The first-order valence-corrected chi connectivity index (χ1v) is 7.97. The van der Waals surface area contributed by atoms with Gasteiger partial charge in [0.15, 0.2) is 0 Å². The van der Waals surface area contributed by atoms with E-state index in [2.05, 4.69) is 43.1 Å². The van der Waals surface area contributed by atoms with Gasteiger partial charge < -0.3 is 5.32 Å². The smallest absolute Gasteiger partial charge is 0.0995 e. The SMILES string of the molecule is CC(C)(C)NCC1CCCCN1Cc1ccccc1C#N. The first-order valence-electron chi connectivity index (χ1n) is 7.97. The third-order valence-electron chi connectivity index (χ3n) is 4.13. The van der Waals surface area contributed by atoms with Crippen LogP contribution in [-0.2, 0) is 6.54 Å². The van der Waals surface area contributed by atoms with Crippen molar-refractivity contribution in [2.75, 3.05) is 13.1 Å². The Morgan fingerprint density at radius 3 is 2.76 bits per heavy atom. The van der Waals surface area contributed by atoms with E-state index in [0.717, 1.165) is 30.8 Å². The molecule has 1 aliphatic heterocycles. The summed E-state index contributed by atoms with van der Waals surface area (Å²) < 4.78 is 0. The van der Waals surface area contributed by atoms with E-state index in [1.807, 2.05) is 18.2 Å². The van der Waals surface area contributed by atoms with Gasteiger partial charge in [-0.1, -0.05) is 24.6 Å². The van der Waals surface area contributed by atoms with Gasteiger partial charge in [0.05, 0.1) is 11.6 Å². The van der Waals surface area contributed by atoms with Crippen LogP contribution in [0.15, 0.2) is 24.3 Å². The first-order chi connectivity index (χ1) is 9.99. The minimum Gasteiger partial charge on any atom is -0.311 e. The summed E-state index contributed by atoms with van der Waals surface area (Å²) in [6, 6.07) is 10.9. The zero-order valence-electron chi connectivity index (χ0n) is 13.5. The lowest BCUT2D eigenvalue weighted by molar-refractivity contribution is 0.131. The molecule has 1 heterocycles. The topological polar surface area (TPSA) is 39.1 Å². The molecule has 1 aliphatic rings. The molecule has 3 heteroatoms. The molecule has 0 aliphatic carbocycles. The zero-order chi connectivity index (χ0) is 15.3. The number of nitriles is 1. The first kappa shape index (κ1) is 16.0. The quantitative estimate of drug-likeness (QED) is 0.922. The maximum absolute atomic E-state index is 9.24. The molecule has 1 fully saturated rings. The number of hydrogen-bond acceptors (Lipinski definition) is 3. The van der Waals surface area contributed by atoms with Crippen LogP contribution in [0.4, 0.5) is 0 Å². The second-order valence-electron chi connectivity index (χ2n) is 7.02. The van der Waals surface area contributed by atoms with Crippen LogP contribution in [0.5, 0.6) is 0 Å². The van der Waals surface area contributed by atoms with Gasteiger partial charge in [-0.3, -0.25) is 4.90 Å². The van der Waals surface area contributed by atoms with Gasteiger partial charge in [0, 0.05) is 24.7 Å². The number of nitrogens with zero attached hydrogens (tertiary/aromatic N) is 2. The molecule has 1 saturated heterocycles. The van der Waals surface area contributed by atoms with Crippen molar-refractivity contribution in [3.8, 4) is 6.07 Å². The van der Waals surface area contributed by atoms with E-state index >= 15 is 0 Å². The molecular weight excluding hydrogens is 258 g/mol. The van der Waals surface area contributed by atoms with E-state index in [-0.39, 0.29) is 5.54 Å². The summed E-state index contributed by atoms with van der Waals surface area (Å²) in [7, 11) is 0. The minimum atomic E-state index is 0.160. The molecule has 2 rings (SSSR count). The predicted octanol–water partition coefficient (Wildman–Crippen LogP) is 3.30. The number of nitrogens with one attached hydrogen (secondary N) is 1. The molecular formula is C18H27N3. The molecule has 1 N–H and O–H groups in total. The Kier molecular flexibility index (Phi) is 5.39. The maximum Gasteiger partial charge on any atom is 0.0995 e. The van der Waals surface area contributed by atoms with E-state index in [4.69, 9.17) is 0 Å². The molecule has 3 nitrogen and oxygen atoms in total. The number of piperidine rings is 1. The van der Waals surface area contributed by atoms with Gasteiger partial charge in [-0.2, -0.15) is 5.26 Å². The largest absolute Gasteiger partial charge is 0.311 e. The van der Waals surface area contributed by atoms with E-state index in [1.54, 1.807) is 0 Å². The van der Waals surface area contributed by atoms with Gasteiger partial charge in [0.1, 0.15) is 0 Å². The summed E-state index contributed by atoms with van der Waals surface area (Å²) in [5.41, 5.74) is 2.13. The van der Waals surface area contributed by atoms with Crippen molar-refractivity contribution in [1.82, 2.24) is 10.2 Å². The third-order valence-corrected chi connectivity index (χ3v) is 4.13. The summed E-state index contributed by atoms with van der Waals surface area (Å²) in [6.07, 6.45) is 3.82. The van der Waals surface area contributed by atoms with Crippen LogP contribution in [-0.4, -0.2) is 29.6 Å². The van der Waals surface area contributed by atoms with Gasteiger partial charge in [-0.15, -0.1) is 0 Å². The molecule has 0 amide bonds. The molecule has 0 saturated carbocycles. The van der Waals surface area contributed by atoms with Crippen LogP contribution in [0.1, 0.15) is 51.2 Å². The van der Waals surface area contributed by atoms with Crippen LogP contribution >= 0.6 is 0 Å². The second-order valence-corrected chi connectivity index (χ2v) is 7.02. The summed E-state index contributed by atoms with van der Waals surface area (Å²) in [6.45, 7) is 9.69. The van der Waals surface area contributed by atoms with Gasteiger partial charge in [0.2, 0.25) is 0 Å². The van der Waals surface area contributed by atoms with E-state index in [9.17, 15) is 5.26 Å². The molecule has 114 valence electrons. The highest BCUT2D eigenvalue weighted by atomic mass is 15.2. The molecule has 1 aromatic carbocycles. The number of hydrogen-bond donors (Lipinski definition) is 1. The number of likely N-dealkylation sites (tertiary alicyclic amines) is 1. The second kappa shape index (κ2) is 7.06. The fraction of sp³-hybridized carbons (Fsp3) is 0.611. The van der Waals surface area contributed by atoms with Crippen LogP contribution in [0.25, 0.3) is 0 Å². The van der Waals surface area contributed by atoms with Crippen molar-refractivity contribution in [2.24, 2.45) is 0 Å². The third kappa shape index (κ3) is 4.84. The van der Waals surface area contributed by atoms with Crippen molar-refractivity contribution >= 4 is 0 Å². The standard InChI is InChI=1S/C18H27N3/c1-18(2,3)20-13-17-10-6-7-11-21(17)14-16-9-5-4-8-15(16)12-19/h4-5,8-9,17,20H,6-7,10-11,13-14H2,1-3H3. The van der Waals surface area contributed by atoms with Gasteiger partial charge >= 0.3 is 0 Å². The Morgan fingerprint density at radius 1 is 1.29 bits per heavy atom. The fourth-order valence-electron chi connectivity index (χ4n) is 2.91. The van der Waals surface area contributed by atoms with Crippen molar-refractivity contribution in [2.45, 2.75) is 58.2 Å². The average molecular weight is 285 g/mol. The summed E-state index contributed by atoms with van der Waals surface area (Å²) >= 11 is 0. The monoisotopic (exact) mass is 285 g/mol. The lowest BCUT2D eigenvalue weighted by Gasteiger charge is -2.37. The molecule has 1 aromatic rings. The van der Waals surface area contributed by atoms with Gasteiger partial charge in [-0.05, 0) is 51.8 Å². The summed E-state index contributed by atoms with van der Waals surface area (Å²) in [5, 5.41) is 12.9. The van der Waals surface area contributed by atoms with Crippen LogP contribution in [0.3, 0.4) is 0 Å². The van der Waals surface area contributed by atoms with Crippen LogP contribution in [0, 0.1) is 11.3 Å². The van der Waals surface area contributed by atoms with Gasteiger partial charge in [0.25, 0.3) is 0 Å². The highest BCUT2D eigenvalue weighted by Crippen LogP contribution is 2.21. The van der Waals surface area contributed by atoms with E-state index in [1.165, 1.54) is 19.3 Å². The average Bonchev–Trinajstić information content (AvgIpc) is 2.46. The highest BCUT2D eigenvalue weighted by molar-refractivity contribution is 5.37. The molecule has 21 heavy (non-hydrogen) atoms. The Bertz CT molecular complexity index is 496. The summed E-state index contributed by atoms with van der Waals surface area (Å²) in [4.78, 5) is 2.54. The number of rotatable bonds is 4. The van der Waals surface area contributed by atoms with Crippen molar-refractivity contribution in [3.63, 3.8) is 0 Å². The lowest BCUT2D eigenvalue weighted by atomic mass is 9.98. The van der Waals surface area contributed by atoms with Crippen molar-refractivity contribution in [3.05, 3.63) is 35.4 Å². The molecule has 0 spiro atoms. The zero-order valence-corrected chi connectivity index (χ0v) is 13.5. The Balaban J connectivity index is 2.03. The van der Waals surface area contributed by atoms with Crippen molar-refractivity contribution < 1.29 is 0 Å². The molecule has 1 unspecified atom stereocenters. The predicted molar refractivity (Wildman–Crippen MR) is 87.0 cm³/mol.